The normalized spacial score (nSPS) is 23.7. The second-order valence-corrected chi connectivity index (χ2v) is 6.55. The van der Waals surface area contributed by atoms with Crippen LogP contribution in [0.15, 0.2) is 34.3 Å². The first-order chi connectivity index (χ1) is 8.54. The van der Waals surface area contributed by atoms with Crippen LogP contribution in [0.1, 0.15) is 32.3 Å². The van der Waals surface area contributed by atoms with Crippen molar-refractivity contribution in [2.24, 2.45) is 11.8 Å². The van der Waals surface area contributed by atoms with E-state index >= 15 is 0 Å². The van der Waals surface area contributed by atoms with Gasteiger partial charge in [0.2, 0.25) is 0 Å². The van der Waals surface area contributed by atoms with E-state index in [1.807, 2.05) is 0 Å². The van der Waals surface area contributed by atoms with Gasteiger partial charge in [-0.2, -0.15) is 0 Å². The Labute approximate surface area is 119 Å². The predicted molar refractivity (Wildman–Crippen MR) is 83.0 cm³/mol. The smallest absolute Gasteiger partial charge is 0.0381 e. The van der Waals surface area contributed by atoms with Crippen LogP contribution in [0, 0.1) is 18.8 Å². The highest BCUT2D eigenvalue weighted by molar-refractivity contribution is 9.10. The summed E-state index contributed by atoms with van der Waals surface area (Å²) in [6.45, 7) is 7.81. The largest absolute Gasteiger partial charge is 0.385 e. The molecular weight excluding hydrogens is 286 g/mol. The minimum Gasteiger partial charge on any atom is -0.385 e. The second-order valence-electron chi connectivity index (χ2n) is 5.64. The van der Waals surface area contributed by atoms with Crippen molar-refractivity contribution in [2.75, 3.05) is 11.9 Å². The minimum atomic E-state index is 0.731. The van der Waals surface area contributed by atoms with Gasteiger partial charge in [0.05, 0.1) is 0 Å². The maximum Gasteiger partial charge on any atom is 0.0381 e. The molecule has 1 aliphatic rings. The lowest BCUT2D eigenvalue weighted by Gasteiger charge is -2.26. The average Bonchev–Trinajstić information content (AvgIpc) is 2.29. The highest BCUT2D eigenvalue weighted by Crippen LogP contribution is 2.29. The number of hydrogen-bond donors (Lipinski definition) is 1. The molecule has 2 unspecified atom stereocenters. The zero-order valence-electron chi connectivity index (χ0n) is 11.5. The Balaban J connectivity index is 1.96. The minimum absolute atomic E-state index is 0.731. The summed E-state index contributed by atoms with van der Waals surface area (Å²) in [5.74, 6) is 1.50. The molecule has 2 heteroatoms. The molecule has 0 aliphatic heterocycles. The number of hydrogen-bond acceptors (Lipinski definition) is 1. The molecule has 18 heavy (non-hydrogen) atoms. The van der Waals surface area contributed by atoms with Crippen LogP contribution in [-0.4, -0.2) is 6.54 Å². The zero-order chi connectivity index (χ0) is 13.1. The molecule has 1 N–H and O–H groups in total. The van der Waals surface area contributed by atoms with Gasteiger partial charge in [0.15, 0.2) is 0 Å². The van der Waals surface area contributed by atoms with Crippen molar-refractivity contribution >= 4 is 21.6 Å². The number of aryl methyl sites for hydroxylation is 1. The van der Waals surface area contributed by atoms with Crippen molar-refractivity contribution in [1.29, 1.82) is 0 Å². The monoisotopic (exact) mass is 307 g/mol. The van der Waals surface area contributed by atoms with Crippen LogP contribution >= 0.6 is 15.9 Å². The summed E-state index contributed by atoms with van der Waals surface area (Å²) < 4.78 is 1.14. The molecule has 2 atom stereocenters. The van der Waals surface area contributed by atoms with E-state index in [1.54, 1.807) is 5.57 Å². The van der Waals surface area contributed by atoms with Crippen LogP contribution in [0.4, 0.5) is 5.69 Å². The fourth-order valence-electron chi connectivity index (χ4n) is 2.88. The van der Waals surface area contributed by atoms with Crippen molar-refractivity contribution < 1.29 is 0 Å². The van der Waals surface area contributed by atoms with Gasteiger partial charge in [0, 0.05) is 16.7 Å². The Morgan fingerprint density at radius 1 is 1.33 bits per heavy atom. The third-order valence-corrected chi connectivity index (χ3v) is 4.16. The van der Waals surface area contributed by atoms with E-state index in [0.717, 1.165) is 22.9 Å². The molecule has 98 valence electrons. The Morgan fingerprint density at radius 3 is 2.83 bits per heavy atom. The number of rotatable bonds is 3. The SMILES string of the molecule is CC1=CC(C)CC(CNc2cc(Br)ccc2C)C1. The van der Waals surface area contributed by atoms with Crippen LogP contribution in [0.3, 0.4) is 0 Å². The Kier molecular flexibility index (Phi) is 4.50. The van der Waals surface area contributed by atoms with Gasteiger partial charge in [-0.1, -0.05) is 40.6 Å². The lowest BCUT2D eigenvalue weighted by molar-refractivity contribution is 0.421. The van der Waals surface area contributed by atoms with Crippen molar-refractivity contribution in [3.63, 3.8) is 0 Å². The fraction of sp³-hybridized carbons (Fsp3) is 0.500. The summed E-state index contributed by atoms with van der Waals surface area (Å²) in [6, 6.07) is 6.42. The van der Waals surface area contributed by atoms with Crippen LogP contribution < -0.4 is 5.32 Å². The third kappa shape index (κ3) is 3.61. The van der Waals surface area contributed by atoms with E-state index in [-0.39, 0.29) is 0 Å². The Hall–Kier alpha value is -0.760. The second kappa shape index (κ2) is 5.92. The van der Waals surface area contributed by atoms with Gasteiger partial charge in [0.25, 0.3) is 0 Å². The number of allylic oxidation sites excluding steroid dienone is 2. The van der Waals surface area contributed by atoms with Crippen molar-refractivity contribution in [1.82, 2.24) is 0 Å². The number of nitrogens with one attached hydrogen (secondary N) is 1. The first-order valence-corrected chi connectivity index (χ1v) is 7.51. The molecule has 0 fully saturated rings. The molecule has 1 aromatic rings. The molecule has 0 spiro atoms. The van der Waals surface area contributed by atoms with Crippen LogP contribution in [0.2, 0.25) is 0 Å². The van der Waals surface area contributed by atoms with Crippen LogP contribution in [0.5, 0.6) is 0 Å². The van der Waals surface area contributed by atoms with Gasteiger partial charge in [-0.3, -0.25) is 0 Å². The van der Waals surface area contributed by atoms with E-state index in [0.29, 0.717) is 0 Å². The van der Waals surface area contributed by atoms with E-state index in [2.05, 4.69) is 66.3 Å². The van der Waals surface area contributed by atoms with Crippen LogP contribution in [0.25, 0.3) is 0 Å². The summed E-state index contributed by atoms with van der Waals surface area (Å²) >= 11 is 3.53. The fourth-order valence-corrected chi connectivity index (χ4v) is 3.24. The molecule has 0 heterocycles. The molecule has 0 radical (unpaired) electrons. The summed E-state index contributed by atoms with van der Waals surface area (Å²) in [5.41, 5.74) is 4.12. The van der Waals surface area contributed by atoms with Crippen molar-refractivity contribution in [2.45, 2.75) is 33.6 Å². The molecule has 2 rings (SSSR count). The summed E-state index contributed by atoms with van der Waals surface area (Å²) in [7, 11) is 0. The summed E-state index contributed by atoms with van der Waals surface area (Å²) in [4.78, 5) is 0. The lowest BCUT2D eigenvalue weighted by atomic mass is 9.83. The van der Waals surface area contributed by atoms with E-state index < -0.39 is 0 Å². The predicted octanol–water partition coefficient (Wildman–Crippen LogP) is 5.16. The molecule has 1 aliphatic carbocycles. The van der Waals surface area contributed by atoms with Gasteiger partial charge in [-0.15, -0.1) is 0 Å². The van der Waals surface area contributed by atoms with E-state index in [1.165, 1.54) is 24.1 Å². The van der Waals surface area contributed by atoms with Gasteiger partial charge in [0.1, 0.15) is 0 Å². The standard InChI is InChI=1S/C16H22BrN/c1-11-6-12(2)8-14(7-11)10-18-16-9-15(17)5-4-13(16)3/h4-6,9,11,14,18H,7-8,10H2,1-3H3. The third-order valence-electron chi connectivity index (χ3n) is 3.67. The first kappa shape index (κ1) is 13.7. The van der Waals surface area contributed by atoms with Gasteiger partial charge >= 0.3 is 0 Å². The van der Waals surface area contributed by atoms with Gasteiger partial charge < -0.3 is 5.32 Å². The number of anilines is 1. The summed E-state index contributed by atoms with van der Waals surface area (Å²) in [6.07, 6.45) is 4.96. The summed E-state index contributed by atoms with van der Waals surface area (Å²) in [5, 5.41) is 3.61. The van der Waals surface area contributed by atoms with Crippen molar-refractivity contribution in [3.05, 3.63) is 39.9 Å². The molecule has 0 saturated heterocycles. The van der Waals surface area contributed by atoms with E-state index in [4.69, 9.17) is 0 Å². The highest BCUT2D eigenvalue weighted by atomic mass is 79.9. The van der Waals surface area contributed by atoms with Crippen molar-refractivity contribution in [3.8, 4) is 0 Å². The zero-order valence-corrected chi connectivity index (χ0v) is 13.0. The average molecular weight is 308 g/mol. The number of halogens is 1. The maximum atomic E-state index is 3.61. The first-order valence-electron chi connectivity index (χ1n) is 6.72. The molecule has 0 aromatic heterocycles. The number of benzene rings is 1. The molecule has 1 aromatic carbocycles. The molecule has 1 nitrogen and oxygen atoms in total. The maximum absolute atomic E-state index is 3.61. The molecular formula is C16H22BrN. The molecule has 0 bridgehead atoms. The van der Waals surface area contributed by atoms with Gasteiger partial charge in [-0.05, 0) is 56.2 Å². The quantitative estimate of drug-likeness (QED) is 0.760. The molecule has 0 saturated carbocycles. The highest BCUT2D eigenvalue weighted by Gasteiger charge is 2.17. The Morgan fingerprint density at radius 2 is 2.11 bits per heavy atom. The topological polar surface area (TPSA) is 12.0 Å². The van der Waals surface area contributed by atoms with E-state index in [9.17, 15) is 0 Å². The lowest BCUT2D eigenvalue weighted by Crippen LogP contribution is -2.20. The Bertz CT molecular complexity index is 450. The van der Waals surface area contributed by atoms with Gasteiger partial charge in [-0.25, -0.2) is 0 Å². The molecule has 0 amide bonds. The van der Waals surface area contributed by atoms with Crippen LogP contribution in [-0.2, 0) is 0 Å².